The summed E-state index contributed by atoms with van der Waals surface area (Å²) in [6.45, 7) is 0.678. The number of rotatable bonds is 7. The van der Waals surface area contributed by atoms with Crippen LogP contribution in [0.3, 0.4) is 0 Å². The molecule has 1 aliphatic heterocycles. The van der Waals surface area contributed by atoms with Crippen LogP contribution in [0.4, 0.5) is 5.69 Å². The van der Waals surface area contributed by atoms with Gasteiger partial charge in [0.25, 0.3) is 5.91 Å². The lowest BCUT2D eigenvalue weighted by molar-refractivity contribution is 0.0947. The fraction of sp³-hybridized carbons (Fsp3) is 0.375. The van der Waals surface area contributed by atoms with Gasteiger partial charge in [-0.2, -0.15) is 4.99 Å². The summed E-state index contributed by atoms with van der Waals surface area (Å²) in [5.41, 5.74) is 12.9. The minimum absolute atomic E-state index is 0.184. The third kappa shape index (κ3) is 4.87. The van der Waals surface area contributed by atoms with Gasteiger partial charge in [0.05, 0.1) is 24.9 Å². The average molecular weight is 451 g/mol. The van der Waals surface area contributed by atoms with Gasteiger partial charge in [0.15, 0.2) is 0 Å². The van der Waals surface area contributed by atoms with Gasteiger partial charge in [-0.3, -0.25) is 9.69 Å². The number of hydrogen-bond donors (Lipinski definition) is 3. The first-order valence-electron chi connectivity index (χ1n) is 11.2. The highest BCUT2D eigenvalue weighted by atomic mass is 16.5. The van der Waals surface area contributed by atoms with Crippen molar-refractivity contribution < 1.29 is 14.3 Å². The standard InChI is InChI=1S/C24H30N6O3/c1-32-17-9-11-18(12-10-17)33-16-15-27-21(31)19-7-3-4-8-20(19)30-23(26)28-22(25)29-24(30)13-5-2-6-14-24/h3-4,7-12H,2,5-6,13-16H2,1H3,(H,27,31)(H4,25,26,28,29). The molecule has 0 atom stereocenters. The molecule has 1 spiro atoms. The Morgan fingerprint density at radius 3 is 2.48 bits per heavy atom. The van der Waals surface area contributed by atoms with Gasteiger partial charge in [0.1, 0.15) is 23.8 Å². The molecular formula is C24H30N6O3. The van der Waals surface area contributed by atoms with Gasteiger partial charge < -0.3 is 26.3 Å². The fourth-order valence-corrected chi connectivity index (χ4v) is 4.43. The normalized spacial score (nSPS) is 17.2. The summed E-state index contributed by atoms with van der Waals surface area (Å²) >= 11 is 0. The molecule has 1 amide bonds. The maximum atomic E-state index is 13.1. The van der Waals surface area contributed by atoms with Crippen LogP contribution in [0, 0.1) is 0 Å². The quantitative estimate of drug-likeness (QED) is 0.557. The van der Waals surface area contributed by atoms with E-state index in [0.29, 0.717) is 30.2 Å². The van der Waals surface area contributed by atoms with Crippen LogP contribution >= 0.6 is 0 Å². The average Bonchev–Trinajstić information content (AvgIpc) is 2.82. The molecule has 1 saturated carbocycles. The van der Waals surface area contributed by atoms with Crippen LogP contribution in [0.25, 0.3) is 0 Å². The summed E-state index contributed by atoms with van der Waals surface area (Å²) in [6.07, 6.45) is 4.76. The van der Waals surface area contributed by atoms with Crippen molar-refractivity contribution in [1.29, 1.82) is 0 Å². The second-order valence-corrected chi connectivity index (χ2v) is 8.12. The summed E-state index contributed by atoms with van der Waals surface area (Å²) in [4.78, 5) is 23.9. The molecule has 2 aromatic rings. The Labute approximate surface area is 193 Å². The lowest BCUT2D eigenvalue weighted by atomic mass is 9.87. The number of guanidine groups is 2. The van der Waals surface area contributed by atoms with Crippen LogP contribution in [0.2, 0.25) is 0 Å². The highest BCUT2D eigenvalue weighted by molar-refractivity contribution is 6.10. The number of methoxy groups -OCH3 is 1. The molecular weight excluding hydrogens is 420 g/mol. The van der Waals surface area contributed by atoms with Crippen LogP contribution < -0.4 is 31.2 Å². The van der Waals surface area contributed by atoms with Gasteiger partial charge in [-0.05, 0) is 62.1 Å². The van der Waals surface area contributed by atoms with Gasteiger partial charge in [0, 0.05) is 0 Å². The molecule has 0 saturated heterocycles. The number of ether oxygens (including phenoxy) is 2. The minimum Gasteiger partial charge on any atom is -0.497 e. The lowest BCUT2D eigenvalue weighted by Gasteiger charge is -2.46. The van der Waals surface area contributed by atoms with Crippen molar-refractivity contribution in [1.82, 2.24) is 5.32 Å². The lowest BCUT2D eigenvalue weighted by Crippen LogP contribution is -2.58. The topological polar surface area (TPSA) is 128 Å². The number of benzene rings is 2. The summed E-state index contributed by atoms with van der Waals surface area (Å²) < 4.78 is 10.8. The summed E-state index contributed by atoms with van der Waals surface area (Å²) in [6, 6.07) is 14.7. The molecule has 1 fully saturated rings. The molecule has 0 aromatic heterocycles. The summed E-state index contributed by atoms with van der Waals surface area (Å²) in [7, 11) is 1.62. The first-order valence-corrected chi connectivity index (χ1v) is 11.2. The second kappa shape index (κ2) is 9.81. The number of carbonyl (C=O) groups is 1. The minimum atomic E-state index is -0.609. The monoisotopic (exact) mass is 450 g/mol. The van der Waals surface area contributed by atoms with E-state index in [1.165, 1.54) is 0 Å². The number of nitrogens with two attached hydrogens (primary N) is 2. The Morgan fingerprint density at radius 1 is 1.06 bits per heavy atom. The van der Waals surface area contributed by atoms with E-state index in [-0.39, 0.29) is 17.8 Å². The van der Waals surface area contributed by atoms with E-state index in [2.05, 4.69) is 10.3 Å². The van der Waals surface area contributed by atoms with Crippen molar-refractivity contribution in [3.8, 4) is 11.5 Å². The predicted octanol–water partition coefficient (Wildman–Crippen LogP) is 2.61. The van der Waals surface area contributed by atoms with Crippen LogP contribution in [-0.4, -0.2) is 43.8 Å². The Morgan fingerprint density at radius 2 is 1.76 bits per heavy atom. The molecule has 4 rings (SSSR count). The molecule has 5 N–H and O–H groups in total. The highest BCUT2D eigenvalue weighted by Crippen LogP contribution is 2.40. The number of carbonyl (C=O) groups excluding carboxylic acids is 1. The van der Waals surface area contributed by atoms with Crippen molar-refractivity contribution in [3.05, 3.63) is 54.1 Å². The summed E-state index contributed by atoms with van der Waals surface area (Å²) in [5.74, 6) is 1.69. The Balaban J connectivity index is 1.47. The largest absolute Gasteiger partial charge is 0.497 e. The third-order valence-corrected chi connectivity index (χ3v) is 5.96. The van der Waals surface area contributed by atoms with Crippen molar-refractivity contribution in [2.75, 3.05) is 25.2 Å². The van der Waals surface area contributed by atoms with E-state index in [1.54, 1.807) is 13.2 Å². The first kappa shape index (κ1) is 22.4. The Kier molecular flexibility index (Phi) is 6.67. The van der Waals surface area contributed by atoms with Gasteiger partial charge in [0.2, 0.25) is 11.9 Å². The number of amides is 1. The maximum Gasteiger partial charge on any atom is 0.253 e. The SMILES string of the molecule is COc1ccc(OCCNC(=O)c2ccccc2N2C(N)=NC(N)=NC23CCCCC3)cc1. The molecule has 0 radical (unpaired) electrons. The van der Waals surface area contributed by atoms with Crippen LogP contribution in [0.15, 0.2) is 58.5 Å². The molecule has 1 heterocycles. The van der Waals surface area contributed by atoms with Gasteiger partial charge in [-0.1, -0.05) is 18.6 Å². The van der Waals surface area contributed by atoms with Gasteiger partial charge in [-0.25, -0.2) is 4.99 Å². The number of anilines is 1. The molecule has 9 heteroatoms. The highest BCUT2D eigenvalue weighted by Gasteiger charge is 2.43. The zero-order chi connectivity index (χ0) is 23.3. The van der Waals surface area contributed by atoms with E-state index in [4.69, 9.17) is 25.9 Å². The molecule has 9 nitrogen and oxygen atoms in total. The van der Waals surface area contributed by atoms with E-state index in [1.807, 2.05) is 47.4 Å². The van der Waals surface area contributed by atoms with Crippen molar-refractivity contribution in [2.45, 2.75) is 37.8 Å². The number of aliphatic imine (C=N–C) groups is 2. The summed E-state index contributed by atoms with van der Waals surface area (Å²) in [5, 5.41) is 2.93. The Hall–Kier alpha value is -3.75. The van der Waals surface area contributed by atoms with Crippen LogP contribution in [0.5, 0.6) is 11.5 Å². The van der Waals surface area contributed by atoms with Gasteiger partial charge >= 0.3 is 0 Å². The van der Waals surface area contributed by atoms with E-state index < -0.39 is 5.66 Å². The zero-order valence-electron chi connectivity index (χ0n) is 18.8. The van der Waals surface area contributed by atoms with Crippen molar-refractivity contribution in [2.24, 2.45) is 21.5 Å². The molecule has 2 aliphatic rings. The van der Waals surface area contributed by atoms with Crippen LogP contribution in [-0.2, 0) is 0 Å². The van der Waals surface area contributed by atoms with Crippen molar-refractivity contribution >= 4 is 23.5 Å². The Bertz CT molecular complexity index is 1040. The van der Waals surface area contributed by atoms with Crippen LogP contribution in [0.1, 0.15) is 42.5 Å². The van der Waals surface area contributed by atoms with Gasteiger partial charge in [-0.15, -0.1) is 0 Å². The molecule has 2 aromatic carbocycles. The third-order valence-electron chi connectivity index (χ3n) is 5.96. The second-order valence-electron chi connectivity index (χ2n) is 8.12. The fourth-order valence-electron chi connectivity index (χ4n) is 4.43. The molecule has 0 bridgehead atoms. The zero-order valence-corrected chi connectivity index (χ0v) is 18.8. The van der Waals surface area contributed by atoms with E-state index in [0.717, 1.165) is 37.9 Å². The molecule has 0 unspecified atom stereocenters. The molecule has 33 heavy (non-hydrogen) atoms. The number of nitrogens with zero attached hydrogens (tertiary/aromatic N) is 3. The molecule has 174 valence electrons. The molecule has 1 aliphatic carbocycles. The maximum absolute atomic E-state index is 13.1. The van der Waals surface area contributed by atoms with E-state index in [9.17, 15) is 4.79 Å². The number of nitrogens with one attached hydrogen (secondary N) is 1. The predicted molar refractivity (Wildman–Crippen MR) is 129 cm³/mol. The number of hydrogen-bond acceptors (Lipinski definition) is 8. The smallest absolute Gasteiger partial charge is 0.253 e. The van der Waals surface area contributed by atoms with E-state index >= 15 is 0 Å². The van der Waals surface area contributed by atoms with Crippen molar-refractivity contribution in [3.63, 3.8) is 0 Å². The number of para-hydroxylation sites is 1. The first-order chi connectivity index (χ1) is 16.0.